The highest BCUT2D eigenvalue weighted by molar-refractivity contribution is 5.42. The average Bonchev–Trinajstić information content (AvgIpc) is 3.10. The highest BCUT2D eigenvalue weighted by Crippen LogP contribution is 2.29. The molecule has 0 radical (unpaired) electrons. The van der Waals surface area contributed by atoms with Gasteiger partial charge in [-0.2, -0.15) is 0 Å². The minimum atomic E-state index is 0.278. The predicted octanol–water partition coefficient (Wildman–Crippen LogP) is 2.04. The van der Waals surface area contributed by atoms with Gasteiger partial charge in [-0.3, -0.25) is 0 Å². The Morgan fingerprint density at radius 1 is 1.40 bits per heavy atom. The summed E-state index contributed by atoms with van der Waals surface area (Å²) in [5.74, 6) is 1.60. The zero-order valence-electron chi connectivity index (χ0n) is 9.16. The molecule has 82 valence electrons. The molecule has 15 heavy (non-hydrogen) atoms. The van der Waals surface area contributed by atoms with E-state index in [-0.39, 0.29) is 6.10 Å². The predicted molar refractivity (Wildman–Crippen MR) is 57.6 cm³/mol. The summed E-state index contributed by atoms with van der Waals surface area (Å²) in [5, 5.41) is 0. The van der Waals surface area contributed by atoms with Crippen molar-refractivity contribution in [1.82, 2.24) is 0 Å². The molecular formula is C12H16O3. The summed E-state index contributed by atoms with van der Waals surface area (Å²) in [4.78, 5) is 0. The lowest BCUT2D eigenvalue weighted by Crippen LogP contribution is -2.05. The highest BCUT2D eigenvalue weighted by atomic mass is 16.6. The van der Waals surface area contributed by atoms with Crippen LogP contribution in [-0.2, 0) is 11.2 Å². The molecule has 0 saturated carbocycles. The first kappa shape index (κ1) is 10.3. The Bertz CT molecular complexity index is 332. The summed E-state index contributed by atoms with van der Waals surface area (Å²) in [5.41, 5.74) is 1.25. The standard InChI is InChI=1S/C12H16O3/c1-3-9-4-5-11(12(6-9)13-2)15-8-10-7-14-10/h4-6,10H,3,7-8H2,1-2H3/t10-/m1/s1. The molecule has 1 saturated heterocycles. The van der Waals surface area contributed by atoms with Gasteiger partial charge in [0, 0.05) is 0 Å². The first-order valence-corrected chi connectivity index (χ1v) is 5.24. The van der Waals surface area contributed by atoms with Gasteiger partial charge in [0.25, 0.3) is 0 Å². The van der Waals surface area contributed by atoms with Gasteiger partial charge in [-0.1, -0.05) is 13.0 Å². The number of hydrogen-bond donors (Lipinski definition) is 0. The monoisotopic (exact) mass is 208 g/mol. The lowest BCUT2D eigenvalue weighted by Gasteiger charge is -2.10. The largest absolute Gasteiger partial charge is 0.493 e. The number of epoxide rings is 1. The second kappa shape index (κ2) is 4.53. The van der Waals surface area contributed by atoms with Crippen molar-refractivity contribution >= 4 is 0 Å². The fourth-order valence-corrected chi connectivity index (χ4v) is 1.40. The molecular weight excluding hydrogens is 192 g/mol. The number of hydrogen-bond acceptors (Lipinski definition) is 3. The van der Waals surface area contributed by atoms with E-state index in [0.717, 1.165) is 24.5 Å². The SMILES string of the molecule is CCc1ccc(OC[C@H]2CO2)c(OC)c1. The van der Waals surface area contributed by atoms with Crippen molar-refractivity contribution in [2.45, 2.75) is 19.4 Å². The molecule has 0 amide bonds. The van der Waals surface area contributed by atoms with E-state index in [2.05, 4.69) is 13.0 Å². The van der Waals surface area contributed by atoms with E-state index in [1.807, 2.05) is 12.1 Å². The fourth-order valence-electron chi connectivity index (χ4n) is 1.40. The molecule has 0 aromatic heterocycles. The maximum atomic E-state index is 5.60. The Morgan fingerprint density at radius 2 is 2.20 bits per heavy atom. The summed E-state index contributed by atoms with van der Waals surface area (Å²) in [7, 11) is 1.66. The first-order valence-electron chi connectivity index (χ1n) is 5.24. The number of ether oxygens (including phenoxy) is 3. The summed E-state index contributed by atoms with van der Waals surface area (Å²) in [6.07, 6.45) is 1.28. The van der Waals surface area contributed by atoms with Crippen molar-refractivity contribution < 1.29 is 14.2 Å². The zero-order chi connectivity index (χ0) is 10.7. The molecule has 1 aromatic rings. The molecule has 0 aliphatic carbocycles. The third-order valence-corrected chi connectivity index (χ3v) is 2.46. The third-order valence-electron chi connectivity index (χ3n) is 2.46. The van der Waals surface area contributed by atoms with Crippen LogP contribution in [0.4, 0.5) is 0 Å². The molecule has 0 spiro atoms. The van der Waals surface area contributed by atoms with Gasteiger partial charge in [0.2, 0.25) is 0 Å². The van der Waals surface area contributed by atoms with Crippen LogP contribution in [0, 0.1) is 0 Å². The molecule has 0 unspecified atom stereocenters. The van der Waals surface area contributed by atoms with Gasteiger partial charge in [-0.05, 0) is 24.1 Å². The van der Waals surface area contributed by atoms with Gasteiger partial charge in [0.15, 0.2) is 11.5 Å². The smallest absolute Gasteiger partial charge is 0.161 e. The third kappa shape index (κ3) is 2.63. The van der Waals surface area contributed by atoms with Crippen LogP contribution in [0.1, 0.15) is 12.5 Å². The quantitative estimate of drug-likeness (QED) is 0.694. The van der Waals surface area contributed by atoms with E-state index in [1.54, 1.807) is 7.11 Å². The van der Waals surface area contributed by atoms with Gasteiger partial charge in [0.05, 0.1) is 13.7 Å². The van der Waals surface area contributed by atoms with Crippen molar-refractivity contribution in [3.05, 3.63) is 23.8 Å². The van der Waals surface area contributed by atoms with Gasteiger partial charge in [-0.15, -0.1) is 0 Å². The van der Waals surface area contributed by atoms with Crippen LogP contribution >= 0.6 is 0 Å². The Kier molecular flexibility index (Phi) is 3.11. The van der Waals surface area contributed by atoms with Gasteiger partial charge >= 0.3 is 0 Å². The van der Waals surface area contributed by atoms with Gasteiger partial charge in [0.1, 0.15) is 12.7 Å². The van der Waals surface area contributed by atoms with Crippen LogP contribution in [0.2, 0.25) is 0 Å². The Hall–Kier alpha value is -1.22. The zero-order valence-corrected chi connectivity index (χ0v) is 9.16. The van der Waals surface area contributed by atoms with E-state index in [9.17, 15) is 0 Å². The number of rotatable bonds is 5. The fraction of sp³-hybridized carbons (Fsp3) is 0.500. The molecule has 0 N–H and O–H groups in total. The molecule has 3 nitrogen and oxygen atoms in total. The average molecular weight is 208 g/mol. The first-order chi connectivity index (χ1) is 7.33. The molecule has 1 aliphatic rings. The number of methoxy groups -OCH3 is 1. The van der Waals surface area contributed by atoms with Crippen LogP contribution < -0.4 is 9.47 Å². The number of benzene rings is 1. The van der Waals surface area contributed by atoms with Crippen LogP contribution in [0.25, 0.3) is 0 Å². The highest BCUT2D eigenvalue weighted by Gasteiger charge is 2.23. The van der Waals surface area contributed by atoms with E-state index in [1.165, 1.54) is 5.56 Å². The molecule has 1 atom stereocenters. The second-order valence-corrected chi connectivity index (χ2v) is 3.61. The second-order valence-electron chi connectivity index (χ2n) is 3.61. The lowest BCUT2D eigenvalue weighted by atomic mass is 10.1. The van der Waals surface area contributed by atoms with Gasteiger partial charge < -0.3 is 14.2 Å². The minimum absolute atomic E-state index is 0.278. The Morgan fingerprint density at radius 3 is 2.80 bits per heavy atom. The molecule has 1 fully saturated rings. The molecule has 0 bridgehead atoms. The van der Waals surface area contributed by atoms with Crippen molar-refractivity contribution in [1.29, 1.82) is 0 Å². The van der Waals surface area contributed by atoms with Crippen LogP contribution in [0.3, 0.4) is 0 Å². The summed E-state index contributed by atoms with van der Waals surface area (Å²) >= 11 is 0. The molecule has 3 heteroatoms. The lowest BCUT2D eigenvalue weighted by molar-refractivity contribution is 0.252. The normalized spacial score (nSPS) is 18.7. The van der Waals surface area contributed by atoms with E-state index < -0.39 is 0 Å². The maximum Gasteiger partial charge on any atom is 0.161 e. The Labute approximate surface area is 90.0 Å². The number of aryl methyl sites for hydroxylation is 1. The summed E-state index contributed by atoms with van der Waals surface area (Å²) in [6, 6.07) is 6.04. The van der Waals surface area contributed by atoms with Gasteiger partial charge in [-0.25, -0.2) is 0 Å². The van der Waals surface area contributed by atoms with Crippen LogP contribution in [0.15, 0.2) is 18.2 Å². The van der Waals surface area contributed by atoms with Crippen molar-refractivity contribution in [2.75, 3.05) is 20.3 Å². The minimum Gasteiger partial charge on any atom is -0.493 e. The van der Waals surface area contributed by atoms with E-state index in [4.69, 9.17) is 14.2 Å². The molecule has 1 heterocycles. The summed E-state index contributed by atoms with van der Waals surface area (Å²) in [6.45, 7) is 3.55. The molecule has 1 aromatic carbocycles. The van der Waals surface area contributed by atoms with Crippen LogP contribution in [0.5, 0.6) is 11.5 Å². The van der Waals surface area contributed by atoms with Crippen molar-refractivity contribution in [3.63, 3.8) is 0 Å². The maximum absolute atomic E-state index is 5.60. The summed E-state index contributed by atoms with van der Waals surface area (Å²) < 4.78 is 16.0. The van der Waals surface area contributed by atoms with Crippen molar-refractivity contribution in [2.24, 2.45) is 0 Å². The molecule has 2 rings (SSSR count). The molecule has 1 aliphatic heterocycles. The van der Waals surface area contributed by atoms with E-state index >= 15 is 0 Å². The Balaban J connectivity index is 2.06. The van der Waals surface area contributed by atoms with Crippen LogP contribution in [-0.4, -0.2) is 26.4 Å². The topological polar surface area (TPSA) is 31.0 Å². The van der Waals surface area contributed by atoms with Crippen molar-refractivity contribution in [3.8, 4) is 11.5 Å². The van der Waals surface area contributed by atoms with E-state index in [0.29, 0.717) is 6.61 Å².